The lowest BCUT2D eigenvalue weighted by Gasteiger charge is -2.18. The molecule has 1 fully saturated rings. The third kappa shape index (κ3) is 4.57. The van der Waals surface area contributed by atoms with Crippen molar-refractivity contribution in [2.75, 3.05) is 17.4 Å². The maximum absolute atomic E-state index is 5.88. The quantitative estimate of drug-likeness (QED) is 0.522. The predicted molar refractivity (Wildman–Crippen MR) is 60.8 cm³/mol. The van der Waals surface area contributed by atoms with Crippen molar-refractivity contribution in [3.8, 4) is 0 Å². The Morgan fingerprint density at radius 1 is 1.54 bits per heavy atom. The molecule has 1 rings (SSSR count). The molecule has 1 heterocycles. The molecule has 0 radical (unpaired) electrons. The van der Waals surface area contributed by atoms with E-state index in [0.29, 0.717) is 6.10 Å². The minimum absolute atomic E-state index is 0.123. The molecule has 0 aliphatic carbocycles. The number of rotatable bonds is 5. The summed E-state index contributed by atoms with van der Waals surface area (Å²) < 4.78 is 5.88. The zero-order chi connectivity index (χ0) is 9.73. The van der Waals surface area contributed by atoms with Gasteiger partial charge in [-0.3, -0.25) is 0 Å². The van der Waals surface area contributed by atoms with Gasteiger partial charge in [-0.25, -0.2) is 0 Å². The van der Waals surface area contributed by atoms with E-state index in [-0.39, 0.29) is 5.60 Å². The second kappa shape index (κ2) is 5.47. The van der Waals surface area contributed by atoms with Crippen LogP contribution in [0.5, 0.6) is 0 Å². The fraction of sp³-hybridized carbons (Fsp3) is 1.00. The van der Waals surface area contributed by atoms with Gasteiger partial charge in [-0.2, -0.15) is 11.8 Å². The first-order valence-corrected chi connectivity index (χ1v) is 6.64. The number of alkyl halides is 1. The van der Waals surface area contributed by atoms with Crippen molar-refractivity contribution >= 4 is 23.4 Å². The molecule has 1 nitrogen and oxygen atoms in total. The summed E-state index contributed by atoms with van der Waals surface area (Å²) in [4.78, 5) is 0. The van der Waals surface area contributed by atoms with Crippen LogP contribution in [0.2, 0.25) is 0 Å². The molecule has 1 unspecified atom stereocenters. The third-order valence-corrected chi connectivity index (χ3v) is 3.73. The summed E-state index contributed by atoms with van der Waals surface area (Å²) in [5.41, 5.74) is 0.123. The Kier molecular flexibility index (Phi) is 4.91. The Hall–Kier alpha value is 0.600. The van der Waals surface area contributed by atoms with E-state index in [1.165, 1.54) is 18.6 Å². The molecule has 1 saturated heterocycles. The molecule has 1 atom stereocenters. The molecule has 0 amide bonds. The number of hydrogen-bond acceptors (Lipinski definition) is 2. The van der Waals surface area contributed by atoms with Crippen molar-refractivity contribution in [1.29, 1.82) is 0 Å². The first-order chi connectivity index (χ1) is 6.14. The van der Waals surface area contributed by atoms with E-state index in [9.17, 15) is 0 Å². The second-order valence-corrected chi connectivity index (χ2v) is 5.68. The lowest BCUT2D eigenvalue weighted by Crippen LogP contribution is -2.21. The van der Waals surface area contributed by atoms with Crippen molar-refractivity contribution in [2.45, 2.75) is 44.8 Å². The van der Waals surface area contributed by atoms with Gasteiger partial charge >= 0.3 is 0 Å². The summed E-state index contributed by atoms with van der Waals surface area (Å²) in [6.07, 6.45) is 4.02. The molecule has 3 heteroatoms. The van der Waals surface area contributed by atoms with E-state index in [4.69, 9.17) is 16.3 Å². The van der Waals surface area contributed by atoms with Crippen molar-refractivity contribution in [2.24, 2.45) is 0 Å². The molecule has 0 aromatic rings. The topological polar surface area (TPSA) is 9.23 Å². The van der Waals surface area contributed by atoms with E-state index in [1.54, 1.807) is 0 Å². The molecule has 0 aromatic carbocycles. The summed E-state index contributed by atoms with van der Waals surface area (Å²) in [6, 6.07) is 0. The molecule has 0 saturated carbocycles. The fourth-order valence-electron chi connectivity index (χ4n) is 1.57. The first-order valence-electron chi connectivity index (χ1n) is 4.95. The Labute approximate surface area is 90.6 Å². The van der Waals surface area contributed by atoms with E-state index in [1.807, 2.05) is 11.8 Å². The smallest absolute Gasteiger partial charge is 0.0673 e. The van der Waals surface area contributed by atoms with Crippen LogP contribution in [0.15, 0.2) is 0 Å². The largest absolute Gasteiger partial charge is 0.371 e. The zero-order valence-corrected chi connectivity index (χ0v) is 10.1. The highest BCUT2D eigenvalue weighted by Gasteiger charge is 2.31. The Balaban J connectivity index is 2.04. The number of halogens is 1. The monoisotopic (exact) mass is 222 g/mol. The summed E-state index contributed by atoms with van der Waals surface area (Å²) in [5, 5.41) is 0. The molecule has 0 bridgehead atoms. The van der Waals surface area contributed by atoms with E-state index < -0.39 is 0 Å². The zero-order valence-electron chi connectivity index (χ0n) is 8.51. The van der Waals surface area contributed by atoms with Crippen LogP contribution >= 0.6 is 23.4 Å². The Morgan fingerprint density at radius 2 is 2.31 bits per heavy atom. The molecule has 78 valence electrons. The van der Waals surface area contributed by atoms with E-state index in [0.717, 1.165) is 18.1 Å². The molecule has 1 aliphatic heterocycles. The second-order valence-electron chi connectivity index (χ2n) is 4.16. The molecule has 13 heavy (non-hydrogen) atoms. The van der Waals surface area contributed by atoms with Crippen LogP contribution in [-0.4, -0.2) is 29.1 Å². The molecule has 0 aromatic heterocycles. The predicted octanol–water partition coefficient (Wildman–Crippen LogP) is 3.31. The molecular weight excluding hydrogens is 204 g/mol. The fourth-order valence-corrected chi connectivity index (χ4v) is 2.87. The third-order valence-electron chi connectivity index (χ3n) is 2.28. The maximum Gasteiger partial charge on any atom is 0.0673 e. The van der Waals surface area contributed by atoms with Gasteiger partial charge in [0.1, 0.15) is 0 Å². The Bertz CT molecular complexity index is 150. The van der Waals surface area contributed by atoms with Crippen LogP contribution in [0.4, 0.5) is 0 Å². The van der Waals surface area contributed by atoms with Crippen LogP contribution in [0, 0.1) is 0 Å². The number of hydrogen-bond donors (Lipinski definition) is 0. The van der Waals surface area contributed by atoms with E-state index >= 15 is 0 Å². The van der Waals surface area contributed by atoms with Gasteiger partial charge in [-0.05, 0) is 38.9 Å². The minimum atomic E-state index is 0.123. The van der Waals surface area contributed by atoms with Crippen molar-refractivity contribution < 1.29 is 4.74 Å². The maximum atomic E-state index is 5.88. The summed E-state index contributed by atoms with van der Waals surface area (Å²) in [5.74, 6) is 3.09. The van der Waals surface area contributed by atoms with E-state index in [2.05, 4.69) is 13.8 Å². The van der Waals surface area contributed by atoms with Crippen LogP contribution in [0.1, 0.15) is 33.1 Å². The average molecular weight is 223 g/mol. The standard InChI is InChI=1S/C10H19ClOS/c1-10(2)5-4-9(12-10)8-13-7-3-6-11/h9H,3-8H2,1-2H3. The first kappa shape index (κ1) is 11.7. The SMILES string of the molecule is CC1(C)CCC(CSCCCCl)O1. The molecule has 1 aliphatic rings. The van der Waals surface area contributed by atoms with Crippen molar-refractivity contribution in [3.63, 3.8) is 0 Å². The normalized spacial score (nSPS) is 26.5. The van der Waals surface area contributed by atoms with Gasteiger partial charge in [-0.15, -0.1) is 11.6 Å². The van der Waals surface area contributed by atoms with Gasteiger partial charge in [0.15, 0.2) is 0 Å². The summed E-state index contributed by atoms with van der Waals surface area (Å²) in [6.45, 7) is 4.35. The number of thioether (sulfide) groups is 1. The van der Waals surface area contributed by atoms with Gasteiger partial charge in [0.2, 0.25) is 0 Å². The summed E-state index contributed by atoms with van der Waals surface area (Å²) >= 11 is 7.56. The van der Waals surface area contributed by atoms with Gasteiger partial charge in [0.25, 0.3) is 0 Å². The lowest BCUT2D eigenvalue weighted by atomic mass is 10.1. The highest BCUT2D eigenvalue weighted by atomic mass is 35.5. The van der Waals surface area contributed by atoms with Crippen LogP contribution in [0.25, 0.3) is 0 Å². The van der Waals surface area contributed by atoms with Crippen LogP contribution in [-0.2, 0) is 4.74 Å². The lowest BCUT2D eigenvalue weighted by molar-refractivity contribution is -0.00466. The van der Waals surface area contributed by atoms with Crippen LogP contribution in [0.3, 0.4) is 0 Å². The minimum Gasteiger partial charge on any atom is -0.371 e. The Morgan fingerprint density at radius 3 is 2.85 bits per heavy atom. The van der Waals surface area contributed by atoms with Crippen molar-refractivity contribution in [1.82, 2.24) is 0 Å². The van der Waals surface area contributed by atoms with Gasteiger partial charge in [0, 0.05) is 11.6 Å². The summed E-state index contributed by atoms with van der Waals surface area (Å²) in [7, 11) is 0. The average Bonchev–Trinajstić information content (AvgIpc) is 2.40. The number of ether oxygens (including phenoxy) is 1. The highest BCUT2D eigenvalue weighted by Crippen LogP contribution is 2.30. The molecule has 0 spiro atoms. The molecular formula is C10H19ClOS. The molecule has 0 N–H and O–H groups in total. The van der Waals surface area contributed by atoms with Gasteiger partial charge in [0.05, 0.1) is 11.7 Å². The van der Waals surface area contributed by atoms with Crippen LogP contribution < -0.4 is 0 Å². The van der Waals surface area contributed by atoms with Gasteiger partial charge < -0.3 is 4.74 Å². The highest BCUT2D eigenvalue weighted by molar-refractivity contribution is 7.99. The van der Waals surface area contributed by atoms with Crippen molar-refractivity contribution in [3.05, 3.63) is 0 Å². The van der Waals surface area contributed by atoms with Gasteiger partial charge in [-0.1, -0.05) is 0 Å².